The van der Waals surface area contributed by atoms with Gasteiger partial charge >= 0.3 is 6.18 Å². The molecule has 0 unspecified atom stereocenters. The minimum Gasteiger partial charge on any atom is -0.287 e. The standard InChI is InChI=1S/C20H23F3N2O/c1-4-6-13-7-5-8-14-11-15(9-10-16(13)14)17(20(21,22)23)25-12-19(2,3)18(26)24-25/h5,7-11,17H,4,6,12H2,1-3H3,(H,24,26)/t17-/m0/s1. The Hall–Kier alpha value is -2.08. The fourth-order valence-corrected chi connectivity index (χ4v) is 3.55. The van der Waals surface area contributed by atoms with Gasteiger partial charge in [0.05, 0.1) is 5.41 Å². The minimum atomic E-state index is -4.50. The summed E-state index contributed by atoms with van der Waals surface area (Å²) in [7, 11) is 0. The van der Waals surface area contributed by atoms with Crippen molar-refractivity contribution in [2.75, 3.05) is 6.54 Å². The molecule has 1 heterocycles. The number of nitrogens with one attached hydrogen (secondary N) is 1. The summed E-state index contributed by atoms with van der Waals surface area (Å²) in [5, 5.41) is 2.77. The Bertz CT molecular complexity index is 829. The highest BCUT2D eigenvalue weighted by Crippen LogP contribution is 2.41. The van der Waals surface area contributed by atoms with E-state index in [9.17, 15) is 18.0 Å². The van der Waals surface area contributed by atoms with E-state index in [4.69, 9.17) is 0 Å². The summed E-state index contributed by atoms with van der Waals surface area (Å²) in [6, 6.07) is 8.72. The van der Waals surface area contributed by atoms with Gasteiger partial charge < -0.3 is 0 Å². The van der Waals surface area contributed by atoms with Crippen LogP contribution in [0.5, 0.6) is 0 Å². The monoisotopic (exact) mass is 364 g/mol. The van der Waals surface area contributed by atoms with Crippen LogP contribution < -0.4 is 5.43 Å². The number of carbonyl (C=O) groups excluding carboxylic acids is 1. The number of nitrogens with zero attached hydrogens (tertiary/aromatic N) is 1. The lowest BCUT2D eigenvalue weighted by molar-refractivity contribution is -0.191. The van der Waals surface area contributed by atoms with Crippen LogP contribution in [0.4, 0.5) is 13.2 Å². The first-order valence-electron chi connectivity index (χ1n) is 8.79. The summed E-state index contributed by atoms with van der Waals surface area (Å²) < 4.78 is 41.5. The molecule has 0 aromatic heterocycles. The van der Waals surface area contributed by atoms with E-state index < -0.39 is 23.5 Å². The van der Waals surface area contributed by atoms with Crippen molar-refractivity contribution in [3.63, 3.8) is 0 Å². The van der Waals surface area contributed by atoms with Crippen molar-refractivity contribution in [3.8, 4) is 0 Å². The van der Waals surface area contributed by atoms with Gasteiger partial charge in [-0.2, -0.15) is 13.2 Å². The molecule has 26 heavy (non-hydrogen) atoms. The van der Waals surface area contributed by atoms with Gasteiger partial charge in [-0.25, -0.2) is 5.01 Å². The molecule has 140 valence electrons. The summed E-state index contributed by atoms with van der Waals surface area (Å²) in [6.07, 6.45) is -2.64. The maximum Gasteiger partial charge on any atom is 0.409 e. The number of rotatable bonds is 4. The third-order valence-corrected chi connectivity index (χ3v) is 4.88. The predicted molar refractivity (Wildman–Crippen MR) is 95.4 cm³/mol. The Kier molecular flexibility index (Phi) is 4.73. The molecule has 1 fully saturated rings. The van der Waals surface area contributed by atoms with Crippen molar-refractivity contribution in [2.24, 2.45) is 5.41 Å². The number of benzene rings is 2. The van der Waals surface area contributed by atoms with Crippen molar-refractivity contribution < 1.29 is 18.0 Å². The average molecular weight is 364 g/mol. The van der Waals surface area contributed by atoms with Gasteiger partial charge in [0.1, 0.15) is 6.04 Å². The minimum absolute atomic E-state index is 0.00389. The zero-order valence-electron chi connectivity index (χ0n) is 15.2. The lowest BCUT2D eigenvalue weighted by Crippen LogP contribution is -2.43. The third kappa shape index (κ3) is 3.43. The summed E-state index contributed by atoms with van der Waals surface area (Å²) in [5.41, 5.74) is 2.82. The Morgan fingerprint density at radius 2 is 1.96 bits per heavy atom. The zero-order chi connectivity index (χ0) is 19.1. The maximum absolute atomic E-state index is 13.8. The molecule has 2 aromatic carbocycles. The number of alkyl halides is 3. The van der Waals surface area contributed by atoms with Crippen molar-refractivity contribution in [1.82, 2.24) is 10.4 Å². The number of hydrogen-bond acceptors (Lipinski definition) is 2. The second-order valence-corrected chi connectivity index (χ2v) is 7.54. The normalized spacial score (nSPS) is 18.9. The lowest BCUT2D eigenvalue weighted by Gasteiger charge is -2.30. The van der Waals surface area contributed by atoms with Crippen molar-refractivity contribution in [1.29, 1.82) is 0 Å². The SMILES string of the molecule is CCCc1cccc2cc([C@H](N3CC(C)(C)C(=O)N3)C(F)(F)F)ccc12. The quantitative estimate of drug-likeness (QED) is 0.848. The summed E-state index contributed by atoms with van der Waals surface area (Å²) >= 11 is 0. The van der Waals surface area contributed by atoms with Crippen LogP contribution in [0.15, 0.2) is 36.4 Å². The first-order chi connectivity index (χ1) is 12.1. The predicted octanol–water partition coefficient (Wildman–Crippen LogP) is 4.77. The van der Waals surface area contributed by atoms with E-state index in [-0.39, 0.29) is 12.1 Å². The van der Waals surface area contributed by atoms with Gasteiger partial charge in [-0.3, -0.25) is 10.2 Å². The summed E-state index contributed by atoms with van der Waals surface area (Å²) in [4.78, 5) is 12.0. The molecule has 0 saturated carbocycles. The van der Waals surface area contributed by atoms with E-state index in [0.717, 1.165) is 34.2 Å². The van der Waals surface area contributed by atoms with Gasteiger partial charge in [-0.15, -0.1) is 0 Å². The molecular weight excluding hydrogens is 341 g/mol. The van der Waals surface area contributed by atoms with Crippen molar-refractivity contribution in [2.45, 2.75) is 45.8 Å². The number of aryl methyl sites for hydroxylation is 1. The Labute approximate surface area is 151 Å². The topological polar surface area (TPSA) is 32.3 Å². The highest BCUT2D eigenvalue weighted by atomic mass is 19.4. The van der Waals surface area contributed by atoms with Crippen LogP contribution in [0.3, 0.4) is 0 Å². The Balaban J connectivity index is 2.04. The summed E-state index contributed by atoms with van der Waals surface area (Å²) in [5.74, 6) is -0.391. The molecule has 0 bridgehead atoms. The van der Waals surface area contributed by atoms with E-state index in [2.05, 4.69) is 12.3 Å². The summed E-state index contributed by atoms with van der Waals surface area (Å²) in [6.45, 7) is 5.37. The van der Waals surface area contributed by atoms with Crippen LogP contribution in [-0.4, -0.2) is 23.6 Å². The van der Waals surface area contributed by atoms with Crippen LogP contribution in [0.1, 0.15) is 44.4 Å². The highest BCUT2D eigenvalue weighted by molar-refractivity contribution is 5.86. The van der Waals surface area contributed by atoms with E-state index in [0.29, 0.717) is 0 Å². The number of hydrazine groups is 1. The van der Waals surface area contributed by atoms with Gasteiger partial charge in [0.15, 0.2) is 0 Å². The largest absolute Gasteiger partial charge is 0.409 e. The fourth-order valence-electron chi connectivity index (χ4n) is 3.55. The van der Waals surface area contributed by atoms with E-state index in [1.54, 1.807) is 26.0 Å². The van der Waals surface area contributed by atoms with Crippen molar-refractivity contribution >= 4 is 16.7 Å². The molecule has 1 N–H and O–H groups in total. The van der Waals surface area contributed by atoms with Gasteiger partial charge in [0.25, 0.3) is 0 Å². The van der Waals surface area contributed by atoms with Crippen LogP contribution in [0, 0.1) is 5.41 Å². The van der Waals surface area contributed by atoms with Gasteiger partial charge in [-0.05, 0) is 48.2 Å². The number of hydrogen-bond donors (Lipinski definition) is 1. The molecular formula is C20H23F3N2O. The third-order valence-electron chi connectivity index (χ3n) is 4.88. The van der Waals surface area contributed by atoms with Crippen LogP contribution >= 0.6 is 0 Å². The molecule has 1 saturated heterocycles. The molecule has 1 aliphatic heterocycles. The highest BCUT2D eigenvalue weighted by Gasteiger charge is 2.51. The Morgan fingerprint density at radius 3 is 2.54 bits per heavy atom. The van der Waals surface area contributed by atoms with Gasteiger partial charge in [0.2, 0.25) is 5.91 Å². The first-order valence-corrected chi connectivity index (χ1v) is 8.79. The second kappa shape index (κ2) is 6.58. The van der Waals surface area contributed by atoms with Crippen molar-refractivity contribution in [3.05, 3.63) is 47.5 Å². The number of amides is 1. The molecule has 1 atom stereocenters. The first kappa shape index (κ1) is 18.7. The molecule has 1 amide bonds. The number of halogens is 3. The smallest absolute Gasteiger partial charge is 0.287 e. The molecule has 3 rings (SSSR count). The van der Waals surface area contributed by atoms with Crippen LogP contribution in [-0.2, 0) is 11.2 Å². The molecule has 0 aliphatic carbocycles. The fraction of sp³-hybridized carbons (Fsp3) is 0.450. The maximum atomic E-state index is 13.8. The van der Waals surface area contributed by atoms with Gasteiger partial charge in [-0.1, -0.05) is 43.7 Å². The van der Waals surface area contributed by atoms with Crippen LogP contribution in [0.2, 0.25) is 0 Å². The lowest BCUT2D eigenvalue weighted by atomic mass is 9.93. The molecule has 6 heteroatoms. The van der Waals surface area contributed by atoms with Gasteiger partial charge in [0, 0.05) is 6.54 Å². The molecule has 0 spiro atoms. The van der Waals surface area contributed by atoms with Crippen LogP contribution in [0.25, 0.3) is 10.8 Å². The second-order valence-electron chi connectivity index (χ2n) is 7.54. The van der Waals surface area contributed by atoms with E-state index in [1.165, 1.54) is 6.07 Å². The Morgan fingerprint density at radius 1 is 1.23 bits per heavy atom. The van der Waals surface area contributed by atoms with E-state index in [1.807, 2.05) is 18.2 Å². The molecule has 1 aliphatic rings. The zero-order valence-corrected chi connectivity index (χ0v) is 15.2. The van der Waals surface area contributed by atoms with E-state index >= 15 is 0 Å². The molecule has 2 aromatic rings. The molecule has 3 nitrogen and oxygen atoms in total. The number of carbonyl (C=O) groups is 1. The average Bonchev–Trinajstić information content (AvgIpc) is 2.79. The molecule has 0 radical (unpaired) electrons. The number of fused-ring (bicyclic) bond motifs is 1.